The van der Waals surface area contributed by atoms with Gasteiger partial charge in [-0.05, 0) is 25.3 Å². The van der Waals surface area contributed by atoms with Gasteiger partial charge in [0.05, 0.1) is 19.6 Å². The molecule has 1 aliphatic heterocycles. The Balaban J connectivity index is 1.80. The van der Waals surface area contributed by atoms with Gasteiger partial charge in [-0.15, -0.1) is 0 Å². The molecule has 1 saturated heterocycles. The molecular formula is C20H32N4O2. The van der Waals surface area contributed by atoms with Crippen molar-refractivity contribution in [2.24, 2.45) is 10.9 Å². The number of piperidine rings is 1. The molecular weight excluding hydrogens is 328 g/mol. The predicted molar refractivity (Wildman–Crippen MR) is 105 cm³/mol. The number of esters is 1. The molecule has 0 bridgehead atoms. The lowest BCUT2D eigenvalue weighted by Crippen LogP contribution is -2.48. The molecule has 0 radical (unpaired) electrons. The van der Waals surface area contributed by atoms with Crippen LogP contribution >= 0.6 is 0 Å². The van der Waals surface area contributed by atoms with Crippen LogP contribution < -0.4 is 10.6 Å². The number of benzene rings is 1. The van der Waals surface area contributed by atoms with E-state index in [0.29, 0.717) is 12.6 Å². The van der Waals surface area contributed by atoms with Crippen molar-refractivity contribution in [3.8, 4) is 0 Å². The van der Waals surface area contributed by atoms with Gasteiger partial charge in [0, 0.05) is 32.2 Å². The van der Waals surface area contributed by atoms with Crippen LogP contribution in [0.1, 0.15) is 32.3 Å². The van der Waals surface area contributed by atoms with E-state index < -0.39 is 0 Å². The first-order chi connectivity index (χ1) is 12.6. The Bertz CT molecular complexity index is 568. The molecule has 1 fully saturated rings. The molecule has 0 spiro atoms. The number of hydrogen-bond acceptors (Lipinski definition) is 4. The van der Waals surface area contributed by atoms with E-state index >= 15 is 0 Å². The molecule has 1 aromatic carbocycles. The minimum Gasteiger partial charge on any atom is -0.469 e. The molecule has 1 heterocycles. The lowest BCUT2D eigenvalue weighted by Gasteiger charge is -2.33. The molecule has 2 N–H and O–H groups in total. The van der Waals surface area contributed by atoms with Crippen LogP contribution in [0.15, 0.2) is 35.3 Å². The minimum atomic E-state index is -0.233. The van der Waals surface area contributed by atoms with E-state index in [4.69, 9.17) is 4.74 Å². The van der Waals surface area contributed by atoms with Crippen molar-refractivity contribution in [3.63, 3.8) is 0 Å². The predicted octanol–water partition coefficient (Wildman–Crippen LogP) is 2.02. The highest BCUT2D eigenvalue weighted by Crippen LogP contribution is 2.13. The van der Waals surface area contributed by atoms with Gasteiger partial charge in [-0.25, -0.2) is 0 Å². The highest BCUT2D eigenvalue weighted by molar-refractivity contribution is 5.80. The summed E-state index contributed by atoms with van der Waals surface area (Å²) < 4.78 is 4.76. The number of carbonyl (C=O) groups is 1. The van der Waals surface area contributed by atoms with Gasteiger partial charge >= 0.3 is 5.97 Å². The zero-order valence-electron chi connectivity index (χ0n) is 16.2. The van der Waals surface area contributed by atoms with E-state index in [-0.39, 0.29) is 11.9 Å². The summed E-state index contributed by atoms with van der Waals surface area (Å²) in [6, 6.07) is 11.0. The van der Waals surface area contributed by atoms with Crippen molar-refractivity contribution < 1.29 is 9.53 Å². The third-order valence-corrected chi connectivity index (χ3v) is 4.65. The molecule has 144 valence electrons. The number of nitrogens with one attached hydrogen (secondary N) is 2. The number of hydrogen-bond donors (Lipinski definition) is 2. The number of aliphatic imine (C=N–C) groups is 1. The lowest BCUT2D eigenvalue weighted by atomic mass is 10.0. The first-order valence-electron chi connectivity index (χ1n) is 9.51. The van der Waals surface area contributed by atoms with Gasteiger partial charge < -0.3 is 15.4 Å². The number of rotatable bonds is 7. The Kier molecular flexibility index (Phi) is 8.41. The van der Waals surface area contributed by atoms with Crippen molar-refractivity contribution in [3.05, 3.63) is 35.9 Å². The highest BCUT2D eigenvalue weighted by Gasteiger charge is 2.20. The largest absolute Gasteiger partial charge is 0.469 e. The van der Waals surface area contributed by atoms with Crippen LogP contribution in [0.25, 0.3) is 0 Å². The smallest absolute Gasteiger partial charge is 0.310 e. The maximum absolute atomic E-state index is 11.5. The van der Waals surface area contributed by atoms with Crippen LogP contribution in [0.4, 0.5) is 0 Å². The van der Waals surface area contributed by atoms with Gasteiger partial charge in [0.15, 0.2) is 5.96 Å². The highest BCUT2D eigenvalue weighted by atomic mass is 16.5. The van der Waals surface area contributed by atoms with Crippen LogP contribution in [-0.2, 0) is 16.1 Å². The Morgan fingerprint density at radius 3 is 2.62 bits per heavy atom. The standard InChI is InChI=1S/C20H32N4O2/c1-4-21-20(22-14-16(2)19(25)26-3)23-18-10-12-24(13-11-18)15-17-8-6-5-7-9-17/h5-9,16,18H,4,10-15H2,1-3H3,(H2,21,22,23). The summed E-state index contributed by atoms with van der Waals surface area (Å²) in [4.78, 5) is 18.6. The van der Waals surface area contributed by atoms with Crippen molar-refractivity contribution in [2.75, 3.05) is 33.3 Å². The average molecular weight is 361 g/mol. The van der Waals surface area contributed by atoms with E-state index in [1.165, 1.54) is 12.7 Å². The van der Waals surface area contributed by atoms with Crippen LogP contribution in [0.5, 0.6) is 0 Å². The second kappa shape index (κ2) is 10.8. The third kappa shape index (κ3) is 6.67. The lowest BCUT2D eigenvalue weighted by molar-refractivity contribution is -0.144. The first kappa shape index (κ1) is 20.2. The molecule has 0 saturated carbocycles. The van der Waals surface area contributed by atoms with Crippen molar-refractivity contribution in [1.29, 1.82) is 0 Å². The summed E-state index contributed by atoms with van der Waals surface area (Å²) in [7, 11) is 1.41. The summed E-state index contributed by atoms with van der Waals surface area (Å²) in [6.07, 6.45) is 2.17. The average Bonchev–Trinajstić information content (AvgIpc) is 2.67. The SMILES string of the molecule is CCNC(=NCC(C)C(=O)OC)NC1CCN(Cc2ccccc2)CC1. The fourth-order valence-corrected chi connectivity index (χ4v) is 3.09. The number of nitrogens with zero attached hydrogens (tertiary/aromatic N) is 2. The number of likely N-dealkylation sites (tertiary alicyclic amines) is 1. The fourth-order valence-electron chi connectivity index (χ4n) is 3.09. The van der Waals surface area contributed by atoms with Gasteiger partial charge in [-0.2, -0.15) is 0 Å². The van der Waals surface area contributed by atoms with Gasteiger partial charge in [0.2, 0.25) is 0 Å². The van der Waals surface area contributed by atoms with E-state index in [1.807, 2.05) is 13.8 Å². The molecule has 26 heavy (non-hydrogen) atoms. The minimum absolute atomic E-state index is 0.223. The van der Waals surface area contributed by atoms with Gasteiger partial charge in [0.25, 0.3) is 0 Å². The van der Waals surface area contributed by atoms with Crippen LogP contribution in [0.2, 0.25) is 0 Å². The van der Waals surface area contributed by atoms with Crippen molar-refractivity contribution in [2.45, 2.75) is 39.3 Å². The third-order valence-electron chi connectivity index (χ3n) is 4.65. The normalized spacial score (nSPS) is 17.6. The summed E-state index contributed by atoms with van der Waals surface area (Å²) in [6.45, 7) is 8.26. The molecule has 1 atom stereocenters. The fraction of sp³-hybridized carbons (Fsp3) is 0.600. The number of methoxy groups -OCH3 is 1. The zero-order valence-corrected chi connectivity index (χ0v) is 16.2. The zero-order chi connectivity index (χ0) is 18.8. The Labute approximate surface area is 157 Å². The molecule has 1 aromatic rings. The first-order valence-corrected chi connectivity index (χ1v) is 9.51. The maximum Gasteiger partial charge on any atom is 0.310 e. The van der Waals surface area contributed by atoms with Crippen LogP contribution in [-0.4, -0.2) is 56.2 Å². The van der Waals surface area contributed by atoms with E-state index in [9.17, 15) is 4.79 Å². The Morgan fingerprint density at radius 1 is 1.31 bits per heavy atom. The van der Waals surface area contributed by atoms with Crippen LogP contribution in [0, 0.1) is 5.92 Å². The molecule has 2 rings (SSSR count). The van der Waals surface area contributed by atoms with Crippen molar-refractivity contribution in [1.82, 2.24) is 15.5 Å². The van der Waals surface area contributed by atoms with Crippen molar-refractivity contribution >= 4 is 11.9 Å². The second-order valence-electron chi connectivity index (χ2n) is 6.82. The van der Waals surface area contributed by atoms with Crippen LogP contribution in [0.3, 0.4) is 0 Å². The summed E-state index contributed by atoms with van der Waals surface area (Å²) >= 11 is 0. The second-order valence-corrected chi connectivity index (χ2v) is 6.82. The topological polar surface area (TPSA) is 66.0 Å². The van der Waals surface area contributed by atoms with E-state index in [2.05, 4.69) is 50.9 Å². The molecule has 6 nitrogen and oxygen atoms in total. The summed E-state index contributed by atoms with van der Waals surface area (Å²) in [5.41, 5.74) is 1.37. The Morgan fingerprint density at radius 2 is 2.00 bits per heavy atom. The summed E-state index contributed by atoms with van der Waals surface area (Å²) in [5, 5.41) is 6.78. The monoisotopic (exact) mass is 360 g/mol. The molecule has 0 aromatic heterocycles. The van der Waals surface area contributed by atoms with E-state index in [0.717, 1.165) is 45.0 Å². The van der Waals surface area contributed by atoms with E-state index in [1.54, 1.807) is 0 Å². The quantitative estimate of drug-likeness (QED) is 0.442. The van der Waals surface area contributed by atoms with Gasteiger partial charge in [0.1, 0.15) is 0 Å². The maximum atomic E-state index is 11.5. The van der Waals surface area contributed by atoms with Gasteiger partial charge in [-0.1, -0.05) is 37.3 Å². The summed E-state index contributed by atoms with van der Waals surface area (Å²) in [5.74, 6) is 0.326. The van der Waals surface area contributed by atoms with Gasteiger partial charge in [-0.3, -0.25) is 14.7 Å². The Hall–Kier alpha value is -2.08. The number of carbonyl (C=O) groups excluding carboxylic acids is 1. The molecule has 1 aliphatic rings. The molecule has 1 unspecified atom stereocenters. The molecule has 6 heteroatoms. The number of ether oxygens (including phenoxy) is 1. The number of guanidine groups is 1. The molecule has 0 aliphatic carbocycles. The molecule has 0 amide bonds.